The number of fused-ring (bicyclic) bond motifs is 1. The third-order valence-electron chi connectivity index (χ3n) is 3.98. The van der Waals surface area contributed by atoms with E-state index in [1.54, 1.807) is 37.4 Å². The van der Waals surface area contributed by atoms with Gasteiger partial charge in [-0.1, -0.05) is 23.4 Å². The maximum atomic E-state index is 14.0. The zero-order chi connectivity index (χ0) is 18.1. The molecule has 0 saturated heterocycles. The van der Waals surface area contributed by atoms with Crippen LogP contribution in [0, 0.1) is 12.7 Å². The van der Waals surface area contributed by atoms with Gasteiger partial charge in [-0.05, 0) is 42.8 Å². The van der Waals surface area contributed by atoms with E-state index in [9.17, 15) is 4.39 Å². The molecule has 4 rings (SSSR count). The monoisotopic (exact) mass is 350 g/mol. The van der Waals surface area contributed by atoms with Gasteiger partial charge in [0.15, 0.2) is 11.5 Å². The summed E-state index contributed by atoms with van der Waals surface area (Å²) in [5.41, 5.74) is 2.10. The van der Waals surface area contributed by atoms with Crippen molar-refractivity contribution in [3.8, 4) is 28.6 Å². The molecule has 4 aromatic rings. The van der Waals surface area contributed by atoms with Crippen LogP contribution in [0.15, 0.2) is 59.1 Å². The summed E-state index contributed by atoms with van der Waals surface area (Å²) in [5.74, 6) is 1.11. The van der Waals surface area contributed by atoms with E-state index in [2.05, 4.69) is 10.1 Å². The van der Waals surface area contributed by atoms with Crippen molar-refractivity contribution in [2.24, 2.45) is 0 Å². The minimum atomic E-state index is -0.368. The van der Waals surface area contributed by atoms with E-state index in [1.165, 1.54) is 6.07 Å². The molecule has 0 spiro atoms. The van der Waals surface area contributed by atoms with Crippen LogP contribution in [0.5, 0.6) is 17.4 Å². The number of methoxy groups -OCH3 is 1. The molecule has 0 amide bonds. The number of benzene rings is 2. The lowest BCUT2D eigenvalue weighted by atomic mass is 10.1. The van der Waals surface area contributed by atoms with Crippen LogP contribution in [0.1, 0.15) is 5.56 Å². The van der Waals surface area contributed by atoms with Crippen molar-refractivity contribution in [1.29, 1.82) is 0 Å². The Bertz CT molecular complexity index is 1090. The molecule has 5 nitrogen and oxygen atoms in total. The number of nitrogens with zero attached hydrogens (tertiary/aromatic N) is 2. The number of aromatic nitrogens is 2. The summed E-state index contributed by atoms with van der Waals surface area (Å²) in [6, 6.07) is 15.4. The van der Waals surface area contributed by atoms with Gasteiger partial charge >= 0.3 is 0 Å². The fraction of sp³-hybridized carbons (Fsp3) is 0.100. The molecule has 0 bridgehead atoms. The van der Waals surface area contributed by atoms with Crippen LogP contribution in [0.2, 0.25) is 0 Å². The molecular formula is C20H15FN2O3. The third-order valence-corrected chi connectivity index (χ3v) is 3.98. The molecule has 0 aliphatic heterocycles. The summed E-state index contributed by atoms with van der Waals surface area (Å²) in [6.07, 6.45) is 0. The van der Waals surface area contributed by atoms with Gasteiger partial charge in [-0.25, -0.2) is 4.39 Å². The van der Waals surface area contributed by atoms with Crippen molar-refractivity contribution in [1.82, 2.24) is 10.1 Å². The second kappa shape index (κ2) is 6.48. The van der Waals surface area contributed by atoms with E-state index in [0.29, 0.717) is 34.0 Å². The summed E-state index contributed by atoms with van der Waals surface area (Å²) in [6.45, 7) is 1.97. The number of rotatable bonds is 4. The molecule has 2 heterocycles. The van der Waals surface area contributed by atoms with Gasteiger partial charge in [0, 0.05) is 11.6 Å². The maximum Gasteiger partial charge on any atom is 0.261 e. The Morgan fingerprint density at radius 1 is 1.00 bits per heavy atom. The smallest absolute Gasteiger partial charge is 0.261 e. The molecule has 6 heteroatoms. The molecule has 0 aliphatic carbocycles. The summed E-state index contributed by atoms with van der Waals surface area (Å²) in [5, 5.41) is 4.57. The molecule has 0 N–H and O–H groups in total. The van der Waals surface area contributed by atoms with Crippen LogP contribution in [0.25, 0.3) is 22.4 Å². The Morgan fingerprint density at radius 3 is 2.65 bits per heavy atom. The fourth-order valence-electron chi connectivity index (χ4n) is 2.69. The average Bonchev–Trinajstić information content (AvgIpc) is 3.06. The van der Waals surface area contributed by atoms with E-state index in [1.807, 2.05) is 25.1 Å². The molecule has 130 valence electrons. The lowest BCUT2D eigenvalue weighted by Crippen LogP contribution is -1.92. The van der Waals surface area contributed by atoms with Gasteiger partial charge in [-0.3, -0.25) is 0 Å². The molecule has 0 fully saturated rings. The third kappa shape index (κ3) is 2.86. The summed E-state index contributed by atoms with van der Waals surface area (Å²) in [7, 11) is 1.58. The Balaban J connectivity index is 1.71. The van der Waals surface area contributed by atoms with Crippen LogP contribution < -0.4 is 9.47 Å². The molecular weight excluding hydrogens is 335 g/mol. The molecule has 2 aromatic heterocycles. The predicted molar refractivity (Wildman–Crippen MR) is 95.0 cm³/mol. The number of hydrogen-bond acceptors (Lipinski definition) is 5. The largest absolute Gasteiger partial charge is 0.493 e. The van der Waals surface area contributed by atoms with Gasteiger partial charge in [0.05, 0.1) is 12.5 Å². The minimum absolute atomic E-state index is 0.270. The molecule has 0 radical (unpaired) electrons. The second-order valence-corrected chi connectivity index (χ2v) is 5.77. The zero-order valence-corrected chi connectivity index (χ0v) is 14.2. The van der Waals surface area contributed by atoms with Gasteiger partial charge in [0.1, 0.15) is 11.5 Å². The van der Waals surface area contributed by atoms with E-state index in [4.69, 9.17) is 14.0 Å². The van der Waals surface area contributed by atoms with Crippen LogP contribution in [-0.4, -0.2) is 17.3 Å². The number of aryl methyl sites for hydroxylation is 1. The quantitative estimate of drug-likeness (QED) is 0.510. The maximum absolute atomic E-state index is 14.0. The average molecular weight is 350 g/mol. The van der Waals surface area contributed by atoms with Crippen molar-refractivity contribution in [3.05, 3.63) is 66.0 Å². The number of halogens is 1. The van der Waals surface area contributed by atoms with Crippen molar-refractivity contribution in [2.45, 2.75) is 6.92 Å². The summed E-state index contributed by atoms with van der Waals surface area (Å²) in [4.78, 5) is 4.31. The molecule has 0 saturated carbocycles. The lowest BCUT2D eigenvalue weighted by molar-refractivity contribution is 0.372. The fourth-order valence-corrected chi connectivity index (χ4v) is 2.69. The Hall–Kier alpha value is -3.41. The first kappa shape index (κ1) is 16.1. The van der Waals surface area contributed by atoms with Crippen LogP contribution >= 0.6 is 0 Å². The van der Waals surface area contributed by atoms with Gasteiger partial charge in [-0.15, -0.1) is 0 Å². The van der Waals surface area contributed by atoms with E-state index in [-0.39, 0.29) is 11.5 Å². The van der Waals surface area contributed by atoms with E-state index >= 15 is 0 Å². The number of ether oxygens (including phenoxy) is 2. The van der Waals surface area contributed by atoms with Crippen LogP contribution in [-0.2, 0) is 0 Å². The van der Waals surface area contributed by atoms with E-state index in [0.717, 1.165) is 5.56 Å². The van der Waals surface area contributed by atoms with Gasteiger partial charge in [-0.2, -0.15) is 4.98 Å². The first-order valence-electron chi connectivity index (χ1n) is 7.99. The van der Waals surface area contributed by atoms with Gasteiger partial charge < -0.3 is 14.0 Å². The van der Waals surface area contributed by atoms with Gasteiger partial charge in [0.2, 0.25) is 5.88 Å². The standard InChI is InChI=1S/C20H15FN2O3/c1-12-7-9-16(17(11-12)24-2)25-18-10-8-14-19(23-26-20(14)22-18)13-5-3-4-6-15(13)21/h3-11H,1-2H3. The topological polar surface area (TPSA) is 57.4 Å². The highest BCUT2D eigenvalue weighted by Gasteiger charge is 2.16. The van der Waals surface area contributed by atoms with Gasteiger partial charge in [0.25, 0.3) is 5.71 Å². The van der Waals surface area contributed by atoms with Crippen LogP contribution in [0.3, 0.4) is 0 Å². The zero-order valence-electron chi connectivity index (χ0n) is 14.2. The molecule has 0 atom stereocenters. The highest BCUT2D eigenvalue weighted by Crippen LogP contribution is 2.34. The van der Waals surface area contributed by atoms with Crippen molar-refractivity contribution >= 4 is 11.1 Å². The Morgan fingerprint density at radius 2 is 1.85 bits per heavy atom. The second-order valence-electron chi connectivity index (χ2n) is 5.77. The summed E-state index contributed by atoms with van der Waals surface area (Å²) >= 11 is 0. The number of hydrogen-bond donors (Lipinski definition) is 0. The molecule has 0 aliphatic rings. The highest BCUT2D eigenvalue weighted by molar-refractivity contribution is 5.89. The molecule has 0 unspecified atom stereocenters. The normalized spacial score (nSPS) is 10.9. The van der Waals surface area contributed by atoms with Crippen LogP contribution in [0.4, 0.5) is 4.39 Å². The predicted octanol–water partition coefficient (Wildman–Crippen LogP) is 5.14. The minimum Gasteiger partial charge on any atom is -0.493 e. The first-order chi connectivity index (χ1) is 12.7. The number of pyridine rings is 1. The Labute approximate surface area is 149 Å². The SMILES string of the molecule is COc1cc(C)ccc1Oc1ccc2c(-c3ccccc3F)noc2n1. The first-order valence-corrected chi connectivity index (χ1v) is 7.99. The van der Waals surface area contributed by atoms with Crippen molar-refractivity contribution in [2.75, 3.05) is 7.11 Å². The highest BCUT2D eigenvalue weighted by atomic mass is 19.1. The van der Waals surface area contributed by atoms with Crippen molar-refractivity contribution in [3.63, 3.8) is 0 Å². The lowest BCUT2D eigenvalue weighted by Gasteiger charge is -2.10. The van der Waals surface area contributed by atoms with E-state index < -0.39 is 0 Å². The Kier molecular flexibility index (Phi) is 4.01. The summed E-state index contributed by atoms with van der Waals surface area (Å²) < 4.78 is 30.4. The molecule has 26 heavy (non-hydrogen) atoms. The molecule has 2 aromatic carbocycles. The van der Waals surface area contributed by atoms with Crippen molar-refractivity contribution < 1.29 is 18.4 Å².